The third-order valence-corrected chi connectivity index (χ3v) is 4.90. The number of morpholine rings is 1. The Hall–Kier alpha value is -2.70. The van der Waals surface area contributed by atoms with Gasteiger partial charge in [0.05, 0.1) is 24.8 Å². The van der Waals surface area contributed by atoms with Crippen LogP contribution in [0.5, 0.6) is 0 Å². The molecule has 1 saturated heterocycles. The van der Waals surface area contributed by atoms with E-state index in [1.54, 1.807) is 6.20 Å². The summed E-state index contributed by atoms with van der Waals surface area (Å²) in [6.07, 6.45) is 1.75. The lowest BCUT2D eigenvalue weighted by Crippen LogP contribution is -2.43. The summed E-state index contributed by atoms with van der Waals surface area (Å²) in [4.78, 5) is 19.3. The van der Waals surface area contributed by atoms with E-state index in [-0.39, 0.29) is 11.9 Å². The fraction of sp³-hybridized carbons (Fsp3) is 0.333. The number of benzene rings is 1. The molecule has 27 heavy (non-hydrogen) atoms. The molecule has 6 nitrogen and oxygen atoms in total. The minimum absolute atomic E-state index is 0.00586. The van der Waals surface area contributed by atoms with Crippen LogP contribution in [-0.2, 0) is 4.74 Å². The maximum absolute atomic E-state index is 12.7. The molecular formula is C21H23N3O3. The molecule has 1 fully saturated rings. The second-order valence-electron chi connectivity index (χ2n) is 6.73. The molecule has 1 amide bonds. The van der Waals surface area contributed by atoms with Gasteiger partial charge in [0.25, 0.3) is 5.91 Å². The number of rotatable bonds is 5. The summed E-state index contributed by atoms with van der Waals surface area (Å²) >= 11 is 0. The van der Waals surface area contributed by atoms with Crippen LogP contribution in [0.15, 0.2) is 53.1 Å². The van der Waals surface area contributed by atoms with Gasteiger partial charge in [-0.2, -0.15) is 0 Å². The Morgan fingerprint density at radius 1 is 1.22 bits per heavy atom. The highest BCUT2D eigenvalue weighted by Crippen LogP contribution is 2.23. The highest BCUT2D eigenvalue weighted by atomic mass is 16.5. The first-order valence-electron chi connectivity index (χ1n) is 9.22. The monoisotopic (exact) mass is 365 g/mol. The van der Waals surface area contributed by atoms with E-state index < -0.39 is 0 Å². The van der Waals surface area contributed by atoms with Crippen LogP contribution in [0.3, 0.4) is 0 Å². The Kier molecular flexibility index (Phi) is 5.18. The number of ether oxygens (including phenoxy) is 1. The largest absolute Gasteiger partial charge is 0.465 e. The Morgan fingerprint density at radius 2 is 2.07 bits per heavy atom. The van der Waals surface area contributed by atoms with Crippen molar-refractivity contribution < 1.29 is 13.9 Å². The predicted octanol–water partition coefficient (Wildman–Crippen LogP) is 2.94. The normalized spacial score (nSPS) is 16.3. The van der Waals surface area contributed by atoms with Gasteiger partial charge >= 0.3 is 0 Å². The smallest absolute Gasteiger partial charge is 0.251 e. The van der Waals surface area contributed by atoms with Crippen LogP contribution in [0.25, 0.3) is 10.9 Å². The quantitative estimate of drug-likeness (QED) is 0.753. The zero-order valence-corrected chi connectivity index (χ0v) is 15.4. The maximum atomic E-state index is 12.7. The second-order valence-corrected chi connectivity index (χ2v) is 6.73. The third-order valence-electron chi connectivity index (χ3n) is 4.90. The number of aromatic nitrogens is 1. The Labute approximate surface area is 158 Å². The van der Waals surface area contributed by atoms with E-state index in [0.29, 0.717) is 25.3 Å². The average molecular weight is 365 g/mol. The molecule has 0 aliphatic carbocycles. The zero-order chi connectivity index (χ0) is 18.6. The van der Waals surface area contributed by atoms with Crippen molar-refractivity contribution in [2.45, 2.75) is 13.0 Å². The number of furan rings is 1. The SMILES string of the molecule is Cc1ccc(C(CNC(=O)c2ccc3ncccc3c2)N2CCOCC2)o1. The van der Waals surface area contributed by atoms with Crippen LogP contribution in [0, 0.1) is 6.92 Å². The standard InChI is InChI=1S/C21H23N3O3/c1-15-4-7-20(27-15)19(24-9-11-26-12-10-24)14-23-21(25)17-5-6-18-16(13-17)3-2-8-22-18/h2-8,13,19H,9-12,14H2,1H3,(H,23,25). The number of amides is 1. The van der Waals surface area contributed by atoms with Gasteiger partial charge in [-0.3, -0.25) is 14.7 Å². The number of nitrogens with one attached hydrogen (secondary N) is 1. The highest BCUT2D eigenvalue weighted by molar-refractivity contribution is 5.97. The van der Waals surface area contributed by atoms with Crippen molar-refractivity contribution in [1.82, 2.24) is 15.2 Å². The molecule has 0 saturated carbocycles. The summed E-state index contributed by atoms with van der Waals surface area (Å²) in [7, 11) is 0. The molecule has 1 atom stereocenters. The fourth-order valence-corrected chi connectivity index (χ4v) is 3.44. The van der Waals surface area contributed by atoms with E-state index in [1.165, 1.54) is 0 Å². The molecule has 1 aliphatic heterocycles. The van der Waals surface area contributed by atoms with Crippen molar-refractivity contribution in [3.8, 4) is 0 Å². The fourth-order valence-electron chi connectivity index (χ4n) is 3.44. The van der Waals surface area contributed by atoms with E-state index >= 15 is 0 Å². The first-order chi connectivity index (χ1) is 13.2. The Balaban J connectivity index is 1.49. The van der Waals surface area contributed by atoms with E-state index in [1.807, 2.05) is 49.4 Å². The molecule has 1 aliphatic rings. The summed E-state index contributed by atoms with van der Waals surface area (Å²) in [5, 5.41) is 4.02. The topological polar surface area (TPSA) is 67.6 Å². The predicted molar refractivity (Wildman–Crippen MR) is 103 cm³/mol. The lowest BCUT2D eigenvalue weighted by atomic mass is 10.1. The highest BCUT2D eigenvalue weighted by Gasteiger charge is 2.25. The number of aryl methyl sites for hydroxylation is 1. The van der Waals surface area contributed by atoms with Gasteiger partial charge < -0.3 is 14.5 Å². The van der Waals surface area contributed by atoms with E-state index in [2.05, 4.69) is 15.2 Å². The molecule has 0 radical (unpaired) electrons. The first-order valence-corrected chi connectivity index (χ1v) is 9.22. The van der Waals surface area contributed by atoms with Crippen LogP contribution in [0.1, 0.15) is 27.9 Å². The number of fused-ring (bicyclic) bond motifs is 1. The van der Waals surface area contributed by atoms with Crippen LogP contribution >= 0.6 is 0 Å². The zero-order valence-electron chi connectivity index (χ0n) is 15.4. The molecule has 140 valence electrons. The molecule has 4 rings (SSSR count). The maximum Gasteiger partial charge on any atom is 0.251 e. The first kappa shape index (κ1) is 17.7. The number of carbonyl (C=O) groups excluding carboxylic acids is 1. The Morgan fingerprint density at radius 3 is 2.85 bits per heavy atom. The van der Waals surface area contributed by atoms with Crippen molar-refractivity contribution in [1.29, 1.82) is 0 Å². The number of carbonyl (C=O) groups is 1. The molecule has 1 unspecified atom stereocenters. The summed E-state index contributed by atoms with van der Waals surface area (Å²) in [6.45, 7) is 5.45. The molecule has 3 aromatic rings. The third kappa shape index (κ3) is 4.02. The molecule has 6 heteroatoms. The van der Waals surface area contributed by atoms with Crippen molar-refractivity contribution in [3.63, 3.8) is 0 Å². The molecule has 2 aromatic heterocycles. The van der Waals surface area contributed by atoms with Gasteiger partial charge in [-0.1, -0.05) is 6.07 Å². The summed E-state index contributed by atoms with van der Waals surface area (Å²) in [5.41, 5.74) is 1.51. The minimum Gasteiger partial charge on any atom is -0.465 e. The summed E-state index contributed by atoms with van der Waals surface area (Å²) < 4.78 is 11.3. The molecule has 1 aromatic carbocycles. The minimum atomic E-state index is -0.0951. The van der Waals surface area contributed by atoms with E-state index in [0.717, 1.165) is 35.5 Å². The van der Waals surface area contributed by atoms with Crippen molar-refractivity contribution in [2.24, 2.45) is 0 Å². The Bertz CT molecular complexity index is 931. The van der Waals surface area contributed by atoms with Crippen LogP contribution < -0.4 is 5.32 Å². The van der Waals surface area contributed by atoms with Gasteiger partial charge in [0, 0.05) is 36.8 Å². The van der Waals surface area contributed by atoms with Crippen molar-refractivity contribution >= 4 is 16.8 Å². The molecular weight excluding hydrogens is 342 g/mol. The summed E-state index contributed by atoms with van der Waals surface area (Å²) in [5.74, 6) is 1.65. The number of hydrogen-bond donors (Lipinski definition) is 1. The average Bonchev–Trinajstić information content (AvgIpc) is 3.14. The molecule has 0 spiro atoms. The van der Waals surface area contributed by atoms with Crippen LogP contribution in [0.2, 0.25) is 0 Å². The van der Waals surface area contributed by atoms with E-state index in [4.69, 9.17) is 9.15 Å². The van der Waals surface area contributed by atoms with Gasteiger partial charge in [0.2, 0.25) is 0 Å². The number of pyridine rings is 1. The van der Waals surface area contributed by atoms with Gasteiger partial charge in [-0.05, 0) is 43.3 Å². The van der Waals surface area contributed by atoms with Gasteiger partial charge in [-0.15, -0.1) is 0 Å². The number of nitrogens with zero attached hydrogens (tertiary/aromatic N) is 2. The second kappa shape index (κ2) is 7.90. The van der Waals surface area contributed by atoms with Gasteiger partial charge in [0.15, 0.2) is 0 Å². The number of hydrogen-bond acceptors (Lipinski definition) is 5. The molecule has 3 heterocycles. The lowest BCUT2D eigenvalue weighted by Gasteiger charge is -2.33. The van der Waals surface area contributed by atoms with Crippen molar-refractivity contribution in [2.75, 3.05) is 32.8 Å². The van der Waals surface area contributed by atoms with E-state index in [9.17, 15) is 4.79 Å². The lowest BCUT2D eigenvalue weighted by molar-refractivity contribution is 0.0117. The van der Waals surface area contributed by atoms with Crippen LogP contribution in [0.4, 0.5) is 0 Å². The van der Waals surface area contributed by atoms with Crippen molar-refractivity contribution in [3.05, 3.63) is 65.7 Å². The molecule has 0 bridgehead atoms. The molecule has 1 N–H and O–H groups in total. The van der Waals surface area contributed by atoms with Gasteiger partial charge in [-0.25, -0.2) is 0 Å². The summed E-state index contributed by atoms with van der Waals surface area (Å²) in [6, 6.07) is 13.3. The van der Waals surface area contributed by atoms with Crippen LogP contribution in [-0.4, -0.2) is 48.6 Å². The van der Waals surface area contributed by atoms with Gasteiger partial charge in [0.1, 0.15) is 11.5 Å².